The SMILES string of the molecule is C1CCC([SiH]2OO2)C1. The summed E-state index contributed by atoms with van der Waals surface area (Å²) in [5.41, 5.74) is 0.870. The third kappa shape index (κ3) is 0.810. The molecule has 1 aliphatic carbocycles. The van der Waals surface area contributed by atoms with Crippen LogP contribution in [0.15, 0.2) is 0 Å². The van der Waals surface area contributed by atoms with Gasteiger partial charge in [-0.15, -0.1) is 0 Å². The molecule has 1 saturated carbocycles. The first-order valence-corrected chi connectivity index (χ1v) is 4.90. The van der Waals surface area contributed by atoms with Gasteiger partial charge >= 0.3 is 9.28 Å². The fourth-order valence-corrected chi connectivity index (χ4v) is 3.01. The summed E-state index contributed by atoms with van der Waals surface area (Å²) < 4.78 is 9.66. The summed E-state index contributed by atoms with van der Waals surface area (Å²) in [5.74, 6) is 0. The molecule has 0 aromatic rings. The zero-order chi connectivity index (χ0) is 5.40. The molecule has 1 saturated heterocycles. The van der Waals surface area contributed by atoms with Crippen molar-refractivity contribution in [2.24, 2.45) is 0 Å². The predicted molar refractivity (Wildman–Crippen MR) is 31.5 cm³/mol. The van der Waals surface area contributed by atoms with E-state index in [9.17, 15) is 0 Å². The fourth-order valence-electron chi connectivity index (χ4n) is 1.42. The molecule has 0 spiro atoms. The smallest absolute Gasteiger partial charge is 0.261 e. The highest BCUT2D eigenvalue weighted by atomic mass is 28.3. The Morgan fingerprint density at radius 2 is 1.75 bits per heavy atom. The molecule has 8 heavy (non-hydrogen) atoms. The van der Waals surface area contributed by atoms with Gasteiger partial charge in [0.1, 0.15) is 0 Å². The fraction of sp³-hybridized carbons (Fsp3) is 1.00. The van der Waals surface area contributed by atoms with Gasteiger partial charge in [0.25, 0.3) is 0 Å². The maximum absolute atomic E-state index is 4.83. The number of hydrogen-bond donors (Lipinski definition) is 0. The van der Waals surface area contributed by atoms with Gasteiger partial charge < -0.3 is 0 Å². The van der Waals surface area contributed by atoms with Crippen LogP contribution >= 0.6 is 0 Å². The second-order valence-electron chi connectivity index (χ2n) is 2.61. The van der Waals surface area contributed by atoms with Gasteiger partial charge in [-0.1, -0.05) is 12.8 Å². The molecule has 0 atom stereocenters. The third-order valence-corrected chi connectivity index (χ3v) is 3.84. The highest BCUT2D eigenvalue weighted by Gasteiger charge is 2.40. The summed E-state index contributed by atoms with van der Waals surface area (Å²) in [6.45, 7) is 0. The van der Waals surface area contributed by atoms with Crippen LogP contribution in [0.25, 0.3) is 0 Å². The minimum absolute atomic E-state index is 0.870. The van der Waals surface area contributed by atoms with E-state index in [1.165, 1.54) is 25.7 Å². The maximum Gasteiger partial charge on any atom is 0.396 e. The molecule has 0 aromatic carbocycles. The highest BCUT2D eigenvalue weighted by Crippen LogP contribution is 2.37. The molecule has 1 heterocycles. The summed E-state index contributed by atoms with van der Waals surface area (Å²) in [7, 11) is -0.973. The molecule has 2 nitrogen and oxygen atoms in total. The second kappa shape index (κ2) is 1.82. The van der Waals surface area contributed by atoms with Crippen LogP contribution in [0.1, 0.15) is 25.7 Å². The Labute approximate surface area is 50.6 Å². The average molecular weight is 130 g/mol. The summed E-state index contributed by atoms with van der Waals surface area (Å²) in [6, 6.07) is 0. The number of hydrogen-bond acceptors (Lipinski definition) is 2. The van der Waals surface area contributed by atoms with Crippen molar-refractivity contribution in [3.8, 4) is 0 Å². The van der Waals surface area contributed by atoms with Crippen LogP contribution in [-0.2, 0) is 9.15 Å². The van der Waals surface area contributed by atoms with E-state index in [4.69, 9.17) is 9.15 Å². The normalized spacial score (nSPS) is 31.5. The zero-order valence-electron chi connectivity index (χ0n) is 4.80. The largest absolute Gasteiger partial charge is 0.396 e. The zero-order valence-corrected chi connectivity index (χ0v) is 5.95. The van der Waals surface area contributed by atoms with Crippen molar-refractivity contribution in [2.45, 2.75) is 31.2 Å². The Balaban J connectivity index is 1.86. The molecular weight excluding hydrogens is 120 g/mol. The van der Waals surface area contributed by atoms with Crippen LogP contribution in [0.5, 0.6) is 0 Å². The summed E-state index contributed by atoms with van der Waals surface area (Å²) in [4.78, 5) is 0. The van der Waals surface area contributed by atoms with Crippen molar-refractivity contribution in [1.82, 2.24) is 0 Å². The Kier molecular flexibility index (Phi) is 1.13. The molecule has 46 valence electrons. The van der Waals surface area contributed by atoms with Crippen LogP contribution in [0.4, 0.5) is 0 Å². The molecule has 2 fully saturated rings. The standard InChI is InChI=1S/C5H10O2Si/c1-2-4-5(3-1)8-6-7-8/h5,8H,1-4H2. The minimum atomic E-state index is -0.973. The molecular formula is C5H10O2Si. The van der Waals surface area contributed by atoms with E-state index in [0.717, 1.165) is 5.54 Å². The quantitative estimate of drug-likeness (QED) is 0.302. The Hall–Kier alpha value is 0.137. The van der Waals surface area contributed by atoms with Crippen molar-refractivity contribution >= 4 is 9.28 Å². The molecule has 0 amide bonds. The summed E-state index contributed by atoms with van der Waals surface area (Å²) in [5, 5.41) is 0. The van der Waals surface area contributed by atoms with Gasteiger partial charge in [0.15, 0.2) is 0 Å². The Morgan fingerprint density at radius 1 is 1.12 bits per heavy atom. The molecule has 2 aliphatic rings. The molecule has 0 unspecified atom stereocenters. The molecule has 0 bridgehead atoms. The molecule has 3 heteroatoms. The van der Waals surface area contributed by atoms with Crippen molar-refractivity contribution in [3.63, 3.8) is 0 Å². The average Bonchev–Trinajstić information content (AvgIpc) is 2.49. The minimum Gasteiger partial charge on any atom is -0.261 e. The van der Waals surface area contributed by atoms with Gasteiger partial charge in [0, 0.05) is 5.54 Å². The van der Waals surface area contributed by atoms with E-state index in [0.29, 0.717) is 0 Å². The maximum atomic E-state index is 4.83. The van der Waals surface area contributed by atoms with E-state index in [1.54, 1.807) is 0 Å². The van der Waals surface area contributed by atoms with E-state index in [-0.39, 0.29) is 0 Å². The van der Waals surface area contributed by atoms with E-state index < -0.39 is 9.28 Å². The first-order chi connectivity index (χ1) is 3.97. The van der Waals surface area contributed by atoms with Gasteiger partial charge in [-0.05, 0) is 12.8 Å². The van der Waals surface area contributed by atoms with Crippen LogP contribution in [0.3, 0.4) is 0 Å². The van der Waals surface area contributed by atoms with Gasteiger partial charge in [-0.2, -0.15) is 0 Å². The van der Waals surface area contributed by atoms with Crippen LogP contribution in [-0.4, -0.2) is 9.28 Å². The second-order valence-corrected chi connectivity index (χ2v) is 4.67. The van der Waals surface area contributed by atoms with Gasteiger partial charge in [0.05, 0.1) is 0 Å². The molecule has 0 aromatic heterocycles. The lowest BCUT2D eigenvalue weighted by atomic mass is 10.4. The Morgan fingerprint density at radius 3 is 2.25 bits per heavy atom. The van der Waals surface area contributed by atoms with Crippen molar-refractivity contribution in [3.05, 3.63) is 0 Å². The van der Waals surface area contributed by atoms with Gasteiger partial charge in [-0.3, -0.25) is 9.15 Å². The molecule has 2 rings (SSSR count). The number of rotatable bonds is 1. The van der Waals surface area contributed by atoms with E-state index in [1.807, 2.05) is 0 Å². The van der Waals surface area contributed by atoms with Crippen molar-refractivity contribution in [2.75, 3.05) is 0 Å². The Bertz CT molecular complexity index is 86.4. The van der Waals surface area contributed by atoms with E-state index >= 15 is 0 Å². The third-order valence-electron chi connectivity index (χ3n) is 1.99. The first kappa shape index (κ1) is 4.96. The topological polar surface area (TPSA) is 25.1 Å². The summed E-state index contributed by atoms with van der Waals surface area (Å²) >= 11 is 0. The first-order valence-electron chi connectivity index (χ1n) is 3.29. The molecule has 0 radical (unpaired) electrons. The van der Waals surface area contributed by atoms with Crippen molar-refractivity contribution < 1.29 is 9.15 Å². The van der Waals surface area contributed by atoms with Crippen LogP contribution < -0.4 is 0 Å². The van der Waals surface area contributed by atoms with Crippen LogP contribution in [0.2, 0.25) is 5.54 Å². The van der Waals surface area contributed by atoms with Crippen molar-refractivity contribution in [1.29, 1.82) is 0 Å². The lowest BCUT2D eigenvalue weighted by Gasteiger charge is -1.93. The van der Waals surface area contributed by atoms with Gasteiger partial charge in [0.2, 0.25) is 0 Å². The van der Waals surface area contributed by atoms with Crippen LogP contribution in [0, 0.1) is 0 Å². The molecule has 1 aliphatic heterocycles. The highest BCUT2D eigenvalue weighted by molar-refractivity contribution is 6.51. The van der Waals surface area contributed by atoms with Gasteiger partial charge in [-0.25, -0.2) is 0 Å². The summed E-state index contributed by atoms with van der Waals surface area (Å²) in [6.07, 6.45) is 5.55. The van der Waals surface area contributed by atoms with E-state index in [2.05, 4.69) is 0 Å². The lowest BCUT2D eigenvalue weighted by molar-refractivity contribution is 0.0850. The predicted octanol–water partition coefficient (Wildman–Crippen LogP) is 1.11. The molecule has 0 N–H and O–H groups in total. The monoisotopic (exact) mass is 130 g/mol. The lowest BCUT2D eigenvalue weighted by Crippen LogP contribution is -1.98.